The molecule has 0 aromatic heterocycles. The van der Waals surface area contributed by atoms with Gasteiger partial charge in [0.25, 0.3) is 0 Å². The first kappa shape index (κ1) is 15.3. The Morgan fingerprint density at radius 2 is 1.94 bits per heavy atom. The summed E-state index contributed by atoms with van der Waals surface area (Å²) in [5.74, 6) is -1.77. The topological polar surface area (TPSA) is 71.4 Å². The Morgan fingerprint density at radius 1 is 1.33 bits per heavy atom. The molecule has 0 aliphatic carbocycles. The third kappa shape index (κ3) is 3.17. The van der Waals surface area contributed by atoms with Crippen LogP contribution in [0.15, 0.2) is 28.6 Å². The van der Waals surface area contributed by atoms with Crippen LogP contribution in [0.25, 0.3) is 0 Å². The van der Waals surface area contributed by atoms with Crippen molar-refractivity contribution in [2.75, 3.05) is 5.75 Å². The van der Waals surface area contributed by atoms with Crippen LogP contribution in [-0.4, -0.2) is 25.2 Å². The van der Waals surface area contributed by atoms with Gasteiger partial charge in [-0.3, -0.25) is 0 Å². The van der Waals surface area contributed by atoms with Crippen molar-refractivity contribution in [3.05, 3.63) is 39.4 Å². The van der Waals surface area contributed by atoms with E-state index in [1.54, 1.807) is 0 Å². The van der Waals surface area contributed by atoms with E-state index in [2.05, 4.69) is 0 Å². The lowest BCUT2D eigenvalue weighted by Crippen LogP contribution is -2.09. The van der Waals surface area contributed by atoms with Crippen molar-refractivity contribution in [1.29, 1.82) is 0 Å². The first-order chi connectivity index (χ1) is 8.31. The second-order valence-electron chi connectivity index (χ2n) is 3.18. The molecule has 1 N–H and O–H groups in total. The zero-order valence-electron chi connectivity index (χ0n) is 8.73. The Labute approximate surface area is 119 Å². The predicted octanol–water partition coefficient (Wildman–Crippen LogP) is 3.22. The second kappa shape index (κ2) is 5.93. The number of sulfone groups is 1. The van der Waals surface area contributed by atoms with Gasteiger partial charge in [0.1, 0.15) is 0 Å². The van der Waals surface area contributed by atoms with E-state index >= 15 is 0 Å². The molecule has 98 valence electrons. The van der Waals surface area contributed by atoms with Gasteiger partial charge in [0.2, 0.25) is 0 Å². The molecule has 8 heteroatoms. The lowest BCUT2D eigenvalue weighted by atomic mass is 10.2. The molecular formula is C10H7Cl3O4S. The number of carboxylic acid groups (broad SMARTS) is 1. The van der Waals surface area contributed by atoms with Crippen LogP contribution in [0, 0.1) is 0 Å². The summed E-state index contributed by atoms with van der Waals surface area (Å²) in [6.45, 7) is 0. The standard InChI is InChI=1S/C10H7Cl3O4S/c11-4-1-5-18(16,17)7-3-2-6(12)8(9(7)13)10(14)15/h1-4H,5H2,(H,14,15)/b4-1+. The Hall–Kier alpha value is -0.750. The molecule has 0 saturated carbocycles. The van der Waals surface area contributed by atoms with Crippen LogP contribution in [0.3, 0.4) is 0 Å². The molecule has 4 nitrogen and oxygen atoms in total. The lowest BCUT2D eigenvalue weighted by molar-refractivity contribution is 0.0697. The average molecular weight is 330 g/mol. The highest BCUT2D eigenvalue weighted by molar-refractivity contribution is 7.91. The van der Waals surface area contributed by atoms with E-state index in [1.807, 2.05) is 0 Å². The van der Waals surface area contributed by atoms with Gasteiger partial charge in [0, 0.05) is 5.54 Å². The maximum atomic E-state index is 11.9. The van der Waals surface area contributed by atoms with Crippen molar-refractivity contribution in [2.45, 2.75) is 4.90 Å². The fourth-order valence-corrected chi connectivity index (χ4v) is 3.48. The summed E-state index contributed by atoms with van der Waals surface area (Å²) in [7, 11) is -3.75. The van der Waals surface area contributed by atoms with Crippen LogP contribution in [0.1, 0.15) is 10.4 Å². The van der Waals surface area contributed by atoms with Gasteiger partial charge in [-0.2, -0.15) is 0 Å². The Bertz CT molecular complexity index is 608. The number of rotatable bonds is 4. The molecule has 1 aromatic carbocycles. The maximum Gasteiger partial charge on any atom is 0.338 e. The lowest BCUT2D eigenvalue weighted by Gasteiger charge is -2.08. The Morgan fingerprint density at radius 3 is 2.44 bits per heavy atom. The molecule has 0 saturated heterocycles. The van der Waals surface area contributed by atoms with Crippen LogP contribution in [0.2, 0.25) is 10.0 Å². The van der Waals surface area contributed by atoms with E-state index in [0.29, 0.717) is 0 Å². The third-order valence-electron chi connectivity index (χ3n) is 2.01. The van der Waals surface area contributed by atoms with Gasteiger partial charge in [-0.15, -0.1) is 0 Å². The molecule has 0 atom stereocenters. The van der Waals surface area contributed by atoms with Gasteiger partial charge < -0.3 is 5.11 Å². The molecule has 0 heterocycles. The smallest absolute Gasteiger partial charge is 0.338 e. The minimum Gasteiger partial charge on any atom is -0.478 e. The number of carboxylic acids is 1. The first-order valence-electron chi connectivity index (χ1n) is 4.50. The molecule has 0 bridgehead atoms. The summed E-state index contributed by atoms with van der Waals surface area (Å²) < 4.78 is 23.7. The molecule has 0 aliphatic heterocycles. The molecule has 1 aromatic rings. The molecule has 18 heavy (non-hydrogen) atoms. The number of hydrogen-bond acceptors (Lipinski definition) is 3. The Kier molecular flexibility index (Phi) is 5.04. The first-order valence-corrected chi connectivity index (χ1v) is 7.35. The van der Waals surface area contributed by atoms with Crippen LogP contribution in [0.4, 0.5) is 0 Å². The van der Waals surface area contributed by atoms with Gasteiger partial charge in [-0.1, -0.05) is 40.9 Å². The number of benzene rings is 1. The minimum absolute atomic E-state index is 0.126. The van der Waals surface area contributed by atoms with Gasteiger partial charge in [0.15, 0.2) is 9.84 Å². The van der Waals surface area contributed by atoms with E-state index in [0.717, 1.165) is 11.6 Å². The van der Waals surface area contributed by atoms with E-state index < -0.39 is 26.4 Å². The molecule has 1 rings (SSSR count). The summed E-state index contributed by atoms with van der Waals surface area (Å²) >= 11 is 16.7. The molecular weight excluding hydrogens is 323 g/mol. The summed E-state index contributed by atoms with van der Waals surface area (Å²) in [6.07, 6.45) is 1.21. The van der Waals surface area contributed by atoms with E-state index in [9.17, 15) is 13.2 Å². The summed E-state index contributed by atoms with van der Waals surface area (Å²) in [6, 6.07) is 2.34. The van der Waals surface area contributed by atoms with Gasteiger partial charge in [0.05, 0.1) is 26.3 Å². The van der Waals surface area contributed by atoms with Crippen molar-refractivity contribution in [3.8, 4) is 0 Å². The SMILES string of the molecule is O=C(O)c1c(Cl)ccc(S(=O)(=O)C/C=C/Cl)c1Cl. The number of hydrogen-bond donors (Lipinski definition) is 1. The quantitative estimate of drug-likeness (QED) is 0.920. The van der Waals surface area contributed by atoms with E-state index in [4.69, 9.17) is 39.9 Å². The van der Waals surface area contributed by atoms with Gasteiger partial charge >= 0.3 is 5.97 Å². The zero-order valence-corrected chi connectivity index (χ0v) is 11.8. The normalized spacial score (nSPS) is 11.9. The van der Waals surface area contributed by atoms with E-state index in [-0.39, 0.29) is 15.7 Å². The number of aromatic carboxylic acids is 1. The zero-order chi connectivity index (χ0) is 13.9. The van der Waals surface area contributed by atoms with Crippen molar-refractivity contribution in [3.63, 3.8) is 0 Å². The van der Waals surface area contributed by atoms with Crippen LogP contribution >= 0.6 is 34.8 Å². The number of halogens is 3. The summed E-state index contributed by atoms with van der Waals surface area (Å²) in [5.41, 5.74) is 0.619. The van der Waals surface area contributed by atoms with Gasteiger partial charge in [-0.25, -0.2) is 13.2 Å². The average Bonchev–Trinajstić information content (AvgIpc) is 2.25. The van der Waals surface area contributed by atoms with Crippen molar-refractivity contribution >= 4 is 50.6 Å². The molecule has 0 radical (unpaired) electrons. The Balaban J connectivity index is 3.45. The molecule has 0 spiro atoms. The fourth-order valence-electron chi connectivity index (χ4n) is 1.22. The monoisotopic (exact) mass is 328 g/mol. The molecule has 0 fully saturated rings. The van der Waals surface area contributed by atoms with Crippen LogP contribution in [-0.2, 0) is 9.84 Å². The van der Waals surface area contributed by atoms with Crippen molar-refractivity contribution in [1.82, 2.24) is 0 Å². The highest BCUT2D eigenvalue weighted by atomic mass is 35.5. The molecule has 0 aliphatic rings. The van der Waals surface area contributed by atoms with Gasteiger partial charge in [-0.05, 0) is 12.1 Å². The second-order valence-corrected chi connectivity index (χ2v) is 6.22. The predicted molar refractivity (Wildman–Crippen MR) is 70.5 cm³/mol. The summed E-state index contributed by atoms with van der Waals surface area (Å²) in [5, 5.41) is 8.38. The summed E-state index contributed by atoms with van der Waals surface area (Å²) in [4.78, 5) is 10.6. The van der Waals surface area contributed by atoms with Crippen molar-refractivity contribution in [2.24, 2.45) is 0 Å². The highest BCUT2D eigenvalue weighted by Crippen LogP contribution is 2.31. The minimum atomic E-state index is -3.75. The molecule has 0 unspecified atom stereocenters. The van der Waals surface area contributed by atoms with Crippen LogP contribution < -0.4 is 0 Å². The van der Waals surface area contributed by atoms with Crippen LogP contribution in [0.5, 0.6) is 0 Å². The largest absolute Gasteiger partial charge is 0.478 e. The van der Waals surface area contributed by atoms with E-state index in [1.165, 1.54) is 12.1 Å². The highest BCUT2D eigenvalue weighted by Gasteiger charge is 2.23. The number of carbonyl (C=O) groups is 1. The molecule has 0 amide bonds. The van der Waals surface area contributed by atoms with Crippen molar-refractivity contribution < 1.29 is 18.3 Å². The third-order valence-corrected chi connectivity index (χ3v) is 4.65. The maximum absolute atomic E-state index is 11.9. The fraction of sp³-hybridized carbons (Fsp3) is 0.100.